The van der Waals surface area contributed by atoms with Crippen LogP contribution in [0.2, 0.25) is 0 Å². The lowest BCUT2D eigenvalue weighted by molar-refractivity contribution is 0.102. The summed E-state index contributed by atoms with van der Waals surface area (Å²) in [6.07, 6.45) is 4.40. The predicted octanol–water partition coefficient (Wildman–Crippen LogP) is 2.62. The van der Waals surface area contributed by atoms with E-state index in [1.807, 2.05) is 23.7 Å². The van der Waals surface area contributed by atoms with E-state index in [0.29, 0.717) is 31.8 Å². The number of amides is 1. The number of aromatic nitrogens is 5. The van der Waals surface area contributed by atoms with Crippen molar-refractivity contribution in [1.29, 1.82) is 0 Å². The molecule has 3 aromatic heterocycles. The number of anilines is 1. The van der Waals surface area contributed by atoms with E-state index in [1.54, 1.807) is 25.4 Å². The lowest BCUT2D eigenvalue weighted by atomic mass is 10.1. The van der Waals surface area contributed by atoms with Crippen molar-refractivity contribution in [2.45, 2.75) is 45.2 Å². The number of pyridine rings is 1. The van der Waals surface area contributed by atoms with Crippen LogP contribution < -0.4 is 16.6 Å². The van der Waals surface area contributed by atoms with E-state index in [0.717, 1.165) is 29.4 Å². The summed E-state index contributed by atoms with van der Waals surface area (Å²) in [5.41, 5.74) is 1.53. The van der Waals surface area contributed by atoms with Gasteiger partial charge in [0.2, 0.25) is 0 Å². The van der Waals surface area contributed by atoms with E-state index in [9.17, 15) is 14.4 Å². The van der Waals surface area contributed by atoms with Gasteiger partial charge in [-0.1, -0.05) is 6.92 Å². The summed E-state index contributed by atoms with van der Waals surface area (Å²) in [6.45, 7) is 3.44. The Labute approximate surface area is 194 Å². The first kappa shape index (κ1) is 22.0. The zero-order valence-electron chi connectivity index (χ0n) is 19.1. The van der Waals surface area contributed by atoms with Crippen molar-refractivity contribution in [2.24, 2.45) is 0 Å². The minimum atomic E-state index is -0.611. The van der Waals surface area contributed by atoms with Crippen LogP contribution in [0, 0.1) is 0 Å². The lowest BCUT2D eigenvalue weighted by Gasteiger charge is -2.13. The van der Waals surface area contributed by atoms with Gasteiger partial charge in [-0.3, -0.25) is 23.8 Å². The third-order valence-electron chi connectivity index (χ3n) is 6.07. The first-order chi connectivity index (χ1) is 16.5. The van der Waals surface area contributed by atoms with Crippen LogP contribution in [0.5, 0.6) is 0 Å². The number of aryl methyl sites for hydroxylation is 1. The molecule has 0 spiro atoms. The number of methoxy groups -OCH3 is 1. The number of carbonyl (C=O) groups excluding carboxylic acids is 1. The van der Waals surface area contributed by atoms with E-state index >= 15 is 0 Å². The Morgan fingerprint density at radius 2 is 2.06 bits per heavy atom. The van der Waals surface area contributed by atoms with Gasteiger partial charge in [-0.25, -0.2) is 9.78 Å². The number of H-pyrrole nitrogens is 1. The maximum atomic E-state index is 13.4. The third kappa shape index (κ3) is 4.01. The number of nitrogens with one attached hydrogen (secondary N) is 2. The fraction of sp³-hybridized carbons (Fsp3) is 0.375. The van der Waals surface area contributed by atoms with Crippen molar-refractivity contribution in [3.63, 3.8) is 0 Å². The molecule has 0 aliphatic heterocycles. The second-order valence-corrected chi connectivity index (χ2v) is 8.57. The average Bonchev–Trinajstić information content (AvgIpc) is 3.60. The highest BCUT2D eigenvalue weighted by atomic mass is 16.5. The average molecular weight is 463 g/mol. The van der Waals surface area contributed by atoms with Crippen molar-refractivity contribution in [1.82, 2.24) is 24.3 Å². The molecule has 34 heavy (non-hydrogen) atoms. The summed E-state index contributed by atoms with van der Waals surface area (Å²) in [4.78, 5) is 45.7. The van der Waals surface area contributed by atoms with Gasteiger partial charge in [0.1, 0.15) is 0 Å². The van der Waals surface area contributed by atoms with Gasteiger partial charge in [0, 0.05) is 36.3 Å². The zero-order valence-corrected chi connectivity index (χ0v) is 19.1. The summed E-state index contributed by atoms with van der Waals surface area (Å²) in [5.74, 6) is -0.185. The Balaban J connectivity index is 1.58. The molecule has 1 fully saturated rings. The van der Waals surface area contributed by atoms with Crippen molar-refractivity contribution in [3.8, 4) is 0 Å². The standard InChI is InChI=1S/C24H26N6O4/c1-3-8-29-21-20(23(32)28-24(29)33)17(12-18(27-21)14-4-5-14)22(31)26-16-7-6-15-13-25-30(9-10-34-2)19(15)11-16/h6-7,11-14H,3-5,8-10H2,1-2H3,(H,26,31)(H,28,32,33). The number of aromatic amines is 1. The molecule has 3 heterocycles. The number of ether oxygens (including phenoxy) is 1. The van der Waals surface area contributed by atoms with Crippen LogP contribution >= 0.6 is 0 Å². The summed E-state index contributed by atoms with van der Waals surface area (Å²) in [7, 11) is 1.63. The van der Waals surface area contributed by atoms with E-state index in [1.165, 1.54) is 4.57 Å². The monoisotopic (exact) mass is 462 g/mol. The molecule has 10 nitrogen and oxygen atoms in total. The minimum Gasteiger partial charge on any atom is -0.383 e. The molecule has 1 amide bonds. The first-order valence-electron chi connectivity index (χ1n) is 11.4. The quantitative estimate of drug-likeness (QED) is 0.415. The number of fused-ring (bicyclic) bond motifs is 2. The molecule has 1 aliphatic carbocycles. The smallest absolute Gasteiger partial charge is 0.329 e. The maximum Gasteiger partial charge on any atom is 0.329 e. The van der Waals surface area contributed by atoms with Crippen LogP contribution in [0.25, 0.3) is 21.9 Å². The van der Waals surface area contributed by atoms with E-state index in [2.05, 4.69) is 20.4 Å². The fourth-order valence-electron chi connectivity index (χ4n) is 4.19. The van der Waals surface area contributed by atoms with Gasteiger partial charge in [-0.05, 0) is 43.5 Å². The largest absolute Gasteiger partial charge is 0.383 e. The van der Waals surface area contributed by atoms with Gasteiger partial charge < -0.3 is 10.1 Å². The summed E-state index contributed by atoms with van der Waals surface area (Å²) >= 11 is 0. The molecule has 2 N–H and O–H groups in total. The molecule has 0 bridgehead atoms. The molecule has 0 saturated heterocycles. The van der Waals surface area contributed by atoms with E-state index in [-0.39, 0.29) is 22.5 Å². The molecular weight excluding hydrogens is 436 g/mol. The van der Waals surface area contributed by atoms with Crippen LogP contribution in [-0.2, 0) is 17.8 Å². The Hall–Kier alpha value is -3.79. The van der Waals surface area contributed by atoms with Crippen molar-refractivity contribution in [2.75, 3.05) is 19.0 Å². The highest BCUT2D eigenvalue weighted by Crippen LogP contribution is 2.40. The van der Waals surface area contributed by atoms with E-state index < -0.39 is 17.2 Å². The Morgan fingerprint density at radius 1 is 1.24 bits per heavy atom. The van der Waals surface area contributed by atoms with Gasteiger partial charge in [0.05, 0.1) is 35.8 Å². The fourth-order valence-corrected chi connectivity index (χ4v) is 4.19. The number of nitrogens with zero attached hydrogens (tertiary/aromatic N) is 4. The van der Waals surface area contributed by atoms with E-state index in [4.69, 9.17) is 4.74 Å². The normalized spacial score (nSPS) is 13.6. The van der Waals surface area contributed by atoms with Crippen LogP contribution in [0.1, 0.15) is 48.2 Å². The summed E-state index contributed by atoms with van der Waals surface area (Å²) in [5, 5.41) is 8.36. The predicted molar refractivity (Wildman–Crippen MR) is 128 cm³/mol. The Bertz CT molecular complexity index is 1510. The zero-order chi connectivity index (χ0) is 23.8. The van der Waals surface area contributed by atoms with Crippen LogP contribution in [0.4, 0.5) is 5.69 Å². The Kier molecular flexibility index (Phi) is 5.74. The molecule has 10 heteroatoms. The second-order valence-electron chi connectivity index (χ2n) is 8.57. The molecule has 1 aromatic carbocycles. The van der Waals surface area contributed by atoms with Crippen molar-refractivity contribution < 1.29 is 9.53 Å². The first-order valence-corrected chi connectivity index (χ1v) is 11.4. The molecule has 5 rings (SSSR count). The van der Waals surface area contributed by atoms with Crippen molar-refractivity contribution in [3.05, 3.63) is 62.6 Å². The molecule has 0 atom stereocenters. The van der Waals surface area contributed by atoms with Crippen LogP contribution in [0.15, 0.2) is 40.1 Å². The molecule has 176 valence electrons. The van der Waals surface area contributed by atoms with Crippen LogP contribution in [-0.4, -0.2) is 43.9 Å². The SMILES string of the molecule is CCCn1c(=O)[nH]c(=O)c2c(C(=O)Nc3ccc4cnn(CCOC)c4c3)cc(C3CC3)nc21. The summed E-state index contributed by atoms with van der Waals surface area (Å²) < 4.78 is 8.41. The minimum absolute atomic E-state index is 0.126. The van der Waals surface area contributed by atoms with Gasteiger partial charge in [-0.15, -0.1) is 0 Å². The van der Waals surface area contributed by atoms with Crippen LogP contribution in [0.3, 0.4) is 0 Å². The maximum absolute atomic E-state index is 13.4. The summed E-state index contributed by atoms with van der Waals surface area (Å²) in [6, 6.07) is 7.21. The molecule has 0 radical (unpaired) electrons. The second kappa shape index (κ2) is 8.86. The third-order valence-corrected chi connectivity index (χ3v) is 6.07. The van der Waals surface area contributed by atoms with Gasteiger partial charge in [0.25, 0.3) is 11.5 Å². The van der Waals surface area contributed by atoms with Gasteiger partial charge in [0.15, 0.2) is 5.65 Å². The number of carbonyl (C=O) groups is 1. The number of benzene rings is 1. The number of hydrogen-bond acceptors (Lipinski definition) is 6. The molecule has 1 saturated carbocycles. The molecule has 0 unspecified atom stereocenters. The molecular formula is C24H26N6O4. The molecule has 4 aromatic rings. The highest BCUT2D eigenvalue weighted by molar-refractivity contribution is 6.12. The lowest BCUT2D eigenvalue weighted by Crippen LogP contribution is -2.32. The number of hydrogen-bond donors (Lipinski definition) is 2. The topological polar surface area (TPSA) is 124 Å². The van der Waals surface area contributed by atoms with Gasteiger partial charge >= 0.3 is 5.69 Å². The van der Waals surface area contributed by atoms with Crippen molar-refractivity contribution >= 4 is 33.5 Å². The molecule has 1 aliphatic rings. The van der Waals surface area contributed by atoms with Gasteiger partial charge in [-0.2, -0.15) is 5.10 Å². The Morgan fingerprint density at radius 3 is 2.79 bits per heavy atom. The number of rotatable bonds is 8. The highest BCUT2D eigenvalue weighted by Gasteiger charge is 2.28.